The molecule has 0 radical (unpaired) electrons. The molecule has 330 valence electrons. The molecule has 8 nitrogen and oxygen atoms in total. The molecule has 0 spiro atoms. The number of nitrogens with zero attached hydrogens (tertiary/aromatic N) is 1. The van der Waals surface area contributed by atoms with Gasteiger partial charge in [-0.2, -0.15) is 0 Å². The van der Waals surface area contributed by atoms with E-state index in [-0.39, 0.29) is 19.1 Å². The Balaban J connectivity index is 3.75. The van der Waals surface area contributed by atoms with Gasteiger partial charge in [0.1, 0.15) is 13.2 Å². The lowest BCUT2D eigenvalue weighted by Crippen LogP contribution is -2.46. The Morgan fingerprint density at radius 2 is 0.873 bits per heavy atom. The molecule has 3 atom stereocenters. The number of hydrogen-bond donors (Lipinski definition) is 3. The van der Waals surface area contributed by atoms with Crippen molar-refractivity contribution in [2.24, 2.45) is 0 Å². The molecule has 3 N–H and O–H groups in total. The van der Waals surface area contributed by atoms with Crippen molar-refractivity contribution in [3.63, 3.8) is 0 Å². The first-order chi connectivity index (χ1) is 26.5. The van der Waals surface area contributed by atoms with Crippen LogP contribution in [0.4, 0.5) is 0 Å². The SMILES string of the molecule is CCCCCCCCCCCCCCCCCCCCCCCCCCCCCCCCC(O)C(COP(=O)(O)OCC[N+](C)(C)C)NC(=O)CCCCC. The maximum atomic E-state index is 12.5. The molecule has 55 heavy (non-hydrogen) atoms. The van der Waals surface area contributed by atoms with Gasteiger partial charge in [-0.3, -0.25) is 13.8 Å². The Bertz CT molecular complexity index is 870. The lowest BCUT2D eigenvalue weighted by atomic mass is 10.0. The number of phosphoric acid groups is 1. The minimum absolute atomic E-state index is 0.0769. The number of carbonyl (C=O) groups excluding carboxylic acids is 1. The number of amides is 1. The fraction of sp³-hybridized carbons (Fsp3) is 0.978. The molecule has 0 aliphatic rings. The highest BCUT2D eigenvalue weighted by atomic mass is 31.2. The number of unbranched alkanes of at least 4 members (excludes halogenated alkanes) is 31. The first kappa shape index (κ1) is 54.5. The third-order valence-electron chi connectivity index (χ3n) is 11.1. The average Bonchev–Trinajstić information content (AvgIpc) is 3.13. The minimum Gasteiger partial charge on any atom is -0.391 e. The van der Waals surface area contributed by atoms with E-state index in [4.69, 9.17) is 9.05 Å². The van der Waals surface area contributed by atoms with Crippen LogP contribution in [0.2, 0.25) is 0 Å². The molecule has 9 heteroatoms. The van der Waals surface area contributed by atoms with Gasteiger partial charge >= 0.3 is 7.82 Å². The van der Waals surface area contributed by atoms with Crippen LogP contribution in [-0.2, 0) is 18.4 Å². The summed E-state index contributed by atoms with van der Waals surface area (Å²) in [6.45, 7) is 4.74. The number of nitrogens with one attached hydrogen (secondary N) is 1. The highest BCUT2D eigenvalue weighted by Crippen LogP contribution is 2.43. The number of quaternary nitrogens is 1. The van der Waals surface area contributed by atoms with E-state index in [9.17, 15) is 19.4 Å². The van der Waals surface area contributed by atoms with Crippen LogP contribution in [0.3, 0.4) is 0 Å². The van der Waals surface area contributed by atoms with Gasteiger partial charge in [0, 0.05) is 6.42 Å². The average molecular weight is 804 g/mol. The van der Waals surface area contributed by atoms with E-state index in [0.717, 1.165) is 38.5 Å². The quantitative estimate of drug-likeness (QED) is 0.0322. The number of likely N-dealkylation sites (N-methyl/N-ethyl adjacent to an activating group) is 1. The highest BCUT2D eigenvalue weighted by molar-refractivity contribution is 7.47. The number of aliphatic hydroxyl groups is 1. The van der Waals surface area contributed by atoms with Crippen LogP contribution in [0.1, 0.15) is 239 Å². The van der Waals surface area contributed by atoms with Crippen molar-refractivity contribution in [1.82, 2.24) is 5.32 Å². The zero-order valence-electron chi connectivity index (χ0n) is 37.4. The molecular formula is C46H96N2O6P+. The highest BCUT2D eigenvalue weighted by Gasteiger charge is 2.28. The van der Waals surface area contributed by atoms with Gasteiger partial charge in [0.15, 0.2) is 0 Å². The summed E-state index contributed by atoms with van der Waals surface area (Å²) in [6.07, 6.45) is 43.9. The topological polar surface area (TPSA) is 105 Å². The molecule has 0 bridgehead atoms. The van der Waals surface area contributed by atoms with Crippen molar-refractivity contribution < 1.29 is 32.9 Å². The minimum atomic E-state index is -4.29. The second kappa shape index (κ2) is 39.0. The summed E-state index contributed by atoms with van der Waals surface area (Å²) in [4.78, 5) is 22.7. The molecule has 3 unspecified atom stereocenters. The molecule has 0 aliphatic carbocycles. The largest absolute Gasteiger partial charge is 0.472 e. The maximum Gasteiger partial charge on any atom is 0.472 e. The number of phosphoric ester groups is 1. The van der Waals surface area contributed by atoms with Crippen LogP contribution in [0.15, 0.2) is 0 Å². The lowest BCUT2D eigenvalue weighted by Gasteiger charge is -2.26. The fourth-order valence-electron chi connectivity index (χ4n) is 7.28. The van der Waals surface area contributed by atoms with Gasteiger partial charge in [0.2, 0.25) is 5.91 Å². The molecule has 0 heterocycles. The Morgan fingerprint density at radius 3 is 1.22 bits per heavy atom. The molecule has 0 aromatic carbocycles. The Morgan fingerprint density at radius 1 is 0.545 bits per heavy atom. The Kier molecular flexibility index (Phi) is 38.6. The number of rotatable bonds is 44. The van der Waals surface area contributed by atoms with E-state index in [2.05, 4.69) is 19.2 Å². The zero-order chi connectivity index (χ0) is 40.7. The molecule has 0 fully saturated rings. The molecule has 0 aromatic rings. The third kappa shape index (κ3) is 41.5. The van der Waals surface area contributed by atoms with E-state index < -0.39 is 20.0 Å². The molecule has 0 saturated carbocycles. The monoisotopic (exact) mass is 804 g/mol. The Hall–Kier alpha value is -0.500. The number of hydrogen-bond acceptors (Lipinski definition) is 5. The van der Waals surface area contributed by atoms with Gasteiger partial charge < -0.3 is 19.8 Å². The van der Waals surface area contributed by atoms with E-state index in [1.165, 1.54) is 173 Å². The van der Waals surface area contributed by atoms with Crippen LogP contribution in [0.25, 0.3) is 0 Å². The summed E-state index contributed by atoms with van der Waals surface area (Å²) >= 11 is 0. The Labute approximate surface area is 342 Å². The second-order valence-electron chi connectivity index (χ2n) is 17.9. The van der Waals surface area contributed by atoms with Crippen molar-refractivity contribution in [3.8, 4) is 0 Å². The zero-order valence-corrected chi connectivity index (χ0v) is 38.3. The standard InChI is InChI=1S/C46H95N2O6P/c1-6-8-10-11-12-13-14-15-16-17-18-19-20-21-22-23-24-25-26-27-28-29-30-31-32-33-34-35-36-38-39-45(49)44(47-46(50)40-37-9-7-2)43-54-55(51,52)53-42-41-48(3,4)5/h44-45,49H,6-43H2,1-5H3,(H-,47,50,51,52)/p+1. The van der Waals surface area contributed by atoms with E-state index in [1.807, 2.05) is 21.1 Å². The smallest absolute Gasteiger partial charge is 0.391 e. The van der Waals surface area contributed by atoms with Crippen LogP contribution >= 0.6 is 7.82 Å². The van der Waals surface area contributed by atoms with Crippen molar-refractivity contribution in [1.29, 1.82) is 0 Å². The first-order valence-electron chi connectivity index (χ1n) is 23.9. The summed E-state index contributed by atoms with van der Waals surface area (Å²) in [7, 11) is 1.62. The number of aliphatic hydroxyl groups excluding tert-OH is 1. The van der Waals surface area contributed by atoms with Gasteiger partial charge in [0.25, 0.3) is 0 Å². The van der Waals surface area contributed by atoms with E-state index in [0.29, 0.717) is 23.9 Å². The van der Waals surface area contributed by atoms with Crippen LogP contribution < -0.4 is 5.32 Å². The predicted octanol–water partition coefficient (Wildman–Crippen LogP) is 13.4. The molecular weight excluding hydrogens is 707 g/mol. The number of carbonyl (C=O) groups is 1. The normalized spacial score (nSPS) is 14.2. The summed E-state index contributed by atoms with van der Waals surface area (Å²) < 4.78 is 23.4. The van der Waals surface area contributed by atoms with Crippen molar-refractivity contribution in [3.05, 3.63) is 0 Å². The summed E-state index contributed by atoms with van der Waals surface area (Å²) in [5.74, 6) is -0.166. The van der Waals surface area contributed by atoms with Gasteiger partial charge in [-0.05, 0) is 12.8 Å². The van der Waals surface area contributed by atoms with Crippen molar-refractivity contribution >= 4 is 13.7 Å². The molecule has 0 saturated heterocycles. The summed E-state index contributed by atoms with van der Waals surface area (Å²) in [5.41, 5.74) is 0. The van der Waals surface area contributed by atoms with Gasteiger partial charge in [0.05, 0.1) is 39.9 Å². The molecule has 0 rings (SSSR count). The van der Waals surface area contributed by atoms with Gasteiger partial charge in [-0.25, -0.2) is 4.57 Å². The van der Waals surface area contributed by atoms with E-state index in [1.54, 1.807) is 0 Å². The van der Waals surface area contributed by atoms with Crippen LogP contribution in [-0.4, -0.2) is 73.4 Å². The molecule has 0 aromatic heterocycles. The predicted molar refractivity (Wildman–Crippen MR) is 236 cm³/mol. The van der Waals surface area contributed by atoms with Crippen LogP contribution in [0.5, 0.6) is 0 Å². The molecule has 1 amide bonds. The van der Waals surface area contributed by atoms with Gasteiger partial charge in [-0.1, -0.05) is 219 Å². The third-order valence-corrected chi connectivity index (χ3v) is 12.1. The maximum absolute atomic E-state index is 12.5. The summed E-state index contributed by atoms with van der Waals surface area (Å²) in [6, 6.07) is -0.750. The second-order valence-corrected chi connectivity index (χ2v) is 19.3. The van der Waals surface area contributed by atoms with Crippen molar-refractivity contribution in [2.45, 2.75) is 251 Å². The fourth-order valence-corrected chi connectivity index (χ4v) is 8.02. The summed E-state index contributed by atoms with van der Waals surface area (Å²) in [5, 5.41) is 13.8. The lowest BCUT2D eigenvalue weighted by molar-refractivity contribution is -0.870. The van der Waals surface area contributed by atoms with Crippen molar-refractivity contribution in [2.75, 3.05) is 40.9 Å². The first-order valence-corrected chi connectivity index (χ1v) is 25.4. The molecule has 0 aliphatic heterocycles. The van der Waals surface area contributed by atoms with E-state index >= 15 is 0 Å². The van der Waals surface area contributed by atoms with Crippen LogP contribution in [0, 0.1) is 0 Å². The van der Waals surface area contributed by atoms with Gasteiger partial charge in [-0.15, -0.1) is 0 Å².